The quantitative estimate of drug-likeness (QED) is 0.490. The first-order valence-electron chi connectivity index (χ1n) is 4.50. The minimum absolute atomic E-state index is 0.242. The molecular formula is C8H18O3Si. The highest BCUT2D eigenvalue weighted by atomic mass is 28.3. The van der Waals surface area contributed by atoms with Crippen LogP contribution in [0.3, 0.4) is 0 Å². The fourth-order valence-corrected chi connectivity index (χ4v) is 2.12. The van der Waals surface area contributed by atoms with Crippen molar-refractivity contribution in [3.8, 4) is 0 Å². The van der Waals surface area contributed by atoms with Gasteiger partial charge in [-0.15, -0.1) is 0 Å². The number of carboxylic acid groups (broad SMARTS) is 1. The van der Waals surface area contributed by atoms with Crippen molar-refractivity contribution in [3.63, 3.8) is 0 Å². The molecule has 0 aromatic carbocycles. The minimum Gasteiger partial charge on any atom is -0.481 e. The molecule has 0 bridgehead atoms. The van der Waals surface area contributed by atoms with Gasteiger partial charge in [0, 0.05) is 6.61 Å². The van der Waals surface area contributed by atoms with E-state index in [2.05, 4.69) is 6.92 Å². The molecule has 0 aliphatic heterocycles. The van der Waals surface area contributed by atoms with Gasteiger partial charge in [-0.1, -0.05) is 19.8 Å². The van der Waals surface area contributed by atoms with Crippen LogP contribution >= 0.6 is 0 Å². The molecule has 1 N–H and O–H groups in total. The van der Waals surface area contributed by atoms with Crippen LogP contribution in [0.25, 0.3) is 0 Å². The van der Waals surface area contributed by atoms with Crippen molar-refractivity contribution in [2.24, 2.45) is 0 Å². The number of carboxylic acids is 1. The van der Waals surface area contributed by atoms with Crippen molar-refractivity contribution >= 4 is 15.0 Å². The van der Waals surface area contributed by atoms with Crippen LogP contribution < -0.4 is 0 Å². The maximum atomic E-state index is 10.3. The summed E-state index contributed by atoms with van der Waals surface area (Å²) in [6.07, 6.45) is 3.42. The number of aliphatic carboxylic acids is 1. The lowest BCUT2D eigenvalue weighted by Gasteiger charge is -2.08. The summed E-state index contributed by atoms with van der Waals surface area (Å²) in [6, 6.07) is 0.242. The summed E-state index contributed by atoms with van der Waals surface area (Å²) in [5.41, 5.74) is 0. The Morgan fingerprint density at radius 2 is 2.17 bits per heavy atom. The van der Waals surface area contributed by atoms with Crippen LogP contribution in [0.1, 0.15) is 26.2 Å². The van der Waals surface area contributed by atoms with Crippen LogP contribution in [0.2, 0.25) is 12.6 Å². The van der Waals surface area contributed by atoms with Gasteiger partial charge in [-0.05, 0) is 13.0 Å². The van der Waals surface area contributed by atoms with Crippen molar-refractivity contribution in [2.75, 3.05) is 6.61 Å². The summed E-state index contributed by atoms with van der Waals surface area (Å²) < 4.78 is 5.41. The smallest absolute Gasteiger partial charge is 0.302 e. The van der Waals surface area contributed by atoms with Crippen LogP contribution in [-0.4, -0.2) is 26.7 Å². The molecule has 0 fully saturated rings. The largest absolute Gasteiger partial charge is 0.481 e. The van der Waals surface area contributed by atoms with E-state index in [-0.39, 0.29) is 6.04 Å². The lowest BCUT2D eigenvalue weighted by Crippen LogP contribution is -2.18. The molecule has 0 saturated carbocycles. The van der Waals surface area contributed by atoms with E-state index in [9.17, 15) is 4.79 Å². The Hall–Kier alpha value is -0.353. The molecular weight excluding hydrogens is 172 g/mol. The topological polar surface area (TPSA) is 46.5 Å². The molecule has 72 valence electrons. The third kappa shape index (κ3) is 7.75. The van der Waals surface area contributed by atoms with E-state index >= 15 is 0 Å². The molecule has 0 aromatic rings. The SMILES string of the molecule is CCCCCO[SiH](C)CC(=O)O. The molecule has 4 heteroatoms. The first-order chi connectivity index (χ1) is 5.66. The van der Waals surface area contributed by atoms with E-state index < -0.39 is 15.0 Å². The zero-order chi connectivity index (χ0) is 9.40. The monoisotopic (exact) mass is 190 g/mol. The van der Waals surface area contributed by atoms with Gasteiger partial charge >= 0.3 is 5.97 Å². The van der Waals surface area contributed by atoms with Crippen molar-refractivity contribution in [1.29, 1.82) is 0 Å². The Morgan fingerprint density at radius 3 is 2.67 bits per heavy atom. The van der Waals surface area contributed by atoms with Gasteiger partial charge < -0.3 is 9.53 Å². The number of carbonyl (C=O) groups is 1. The summed E-state index contributed by atoms with van der Waals surface area (Å²) in [7, 11) is -1.40. The molecule has 0 aromatic heterocycles. The normalized spacial score (nSPS) is 12.8. The molecule has 0 aliphatic carbocycles. The van der Waals surface area contributed by atoms with Gasteiger partial charge in [0.1, 0.15) is 0 Å². The van der Waals surface area contributed by atoms with E-state index in [0.717, 1.165) is 13.0 Å². The molecule has 0 spiro atoms. The van der Waals surface area contributed by atoms with Crippen LogP contribution in [0.15, 0.2) is 0 Å². The van der Waals surface area contributed by atoms with Gasteiger partial charge in [0.25, 0.3) is 0 Å². The third-order valence-electron chi connectivity index (χ3n) is 1.61. The Bertz CT molecular complexity index is 127. The van der Waals surface area contributed by atoms with Gasteiger partial charge in [0.15, 0.2) is 9.04 Å². The lowest BCUT2D eigenvalue weighted by atomic mass is 10.3. The summed E-state index contributed by atoms with van der Waals surface area (Å²) in [6.45, 7) is 4.81. The highest BCUT2D eigenvalue weighted by Crippen LogP contribution is 1.99. The average molecular weight is 190 g/mol. The summed E-state index contributed by atoms with van der Waals surface area (Å²) in [5.74, 6) is -0.732. The number of hydrogen-bond acceptors (Lipinski definition) is 2. The Morgan fingerprint density at radius 1 is 1.50 bits per heavy atom. The van der Waals surface area contributed by atoms with E-state index in [1.54, 1.807) is 0 Å². The third-order valence-corrected chi connectivity index (χ3v) is 3.34. The molecule has 0 saturated heterocycles. The van der Waals surface area contributed by atoms with Gasteiger partial charge in [0.05, 0.1) is 6.04 Å². The molecule has 3 nitrogen and oxygen atoms in total. The number of hydrogen-bond donors (Lipinski definition) is 1. The predicted octanol–water partition coefficient (Wildman–Crippen LogP) is 1.63. The molecule has 0 amide bonds. The fraction of sp³-hybridized carbons (Fsp3) is 0.875. The number of unbranched alkanes of at least 4 members (excludes halogenated alkanes) is 2. The summed E-state index contributed by atoms with van der Waals surface area (Å²) in [4.78, 5) is 10.3. The summed E-state index contributed by atoms with van der Waals surface area (Å²) in [5, 5.41) is 8.44. The summed E-state index contributed by atoms with van der Waals surface area (Å²) >= 11 is 0. The maximum absolute atomic E-state index is 10.3. The van der Waals surface area contributed by atoms with Gasteiger partial charge in [-0.3, -0.25) is 4.79 Å². The van der Waals surface area contributed by atoms with Crippen LogP contribution in [0.5, 0.6) is 0 Å². The lowest BCUT2D eigenvalue weighted by molar-refractivity contribution is -0.134. The van der Waals surface area contributed by atoms with E-state index in [1.165, 1.54) is 12.8 Å². The Labute approximate surface area is 75.5 Å². The van der Waals surface area contributed by atoms with Crippen LogP contribution in [0, 0.1) is 0 Å². The zero-order valence-electron chi connectivity index (χ0n) is 7.88. The average Bonchev–Trinajstić information content (AvgIpc) is 1.97. The van der Waals surface area contributed by atoms with Crippen LogP contribution in [0.4, 0.5) is 0 Å². The van der Waals surface area contributed by atoms with E-state index in [4.69, 9.17) is 9.53 Å². The molecule has 1 atom stereocenters. The van der Waals surface area contributed by atoms with E-state index in [0.29, 0.717) is 0 Å². The first kappa shape index (κ1) is 11.6. The second-order valence-corrected chi connectivity index (χ2v) is 5.35. The maximum Gasteiger partial charge on any atom is 0.302 e. The van der Waals surface area contributed by atoms with Crippen molar-refractivity contribution in [2.45, 2.75) is 38.8 Å². The Balaban J connectivity index is 3.19. The highest BCUT2D eigenvalue weighted by molar-refractivity contribution is 6.54. The van der Waals surface area contributed by atoms with E-state index in [1.807, 2.05) is 6.55 Å². The van der Waals surface area contributed by atoms with Crippen LogP contribution in [-0.2, 0) is 9.22 Å². The highest BCUT2D eigenvalue weighted by Gasteiger charge is 2.08. The second-order valence-electron chi connectivity index (χ2n) is 2.99. The predicted molar refractivity (Wildman–Crippen MR) is 50.9 cm³/mol. The molecule has 12 heavy (non-hydrogen) atoms. The van der Waals surface area contributed by atoms with Crippen molar-refractivity contribution in [1.82, 2.24) is 0 Å². The Kier molecular flexibility index (Phi) is 7.09. The molecule has 0 heterocycles. The first-order valence-corrected chi connectivity index (χ1v) is 6.94. The fourth-order valence-electron chi connectivity index (χ4n) is 0.941. The minimum atomic E-state index is -1.40. The second kappa shape index (κ2) is 7.30. The standard InChI is InChI=1S/C8H18O3Si/c1-3-4-5-6-11-12(2)7-8(9)10/h12H,3-7H2,1-2H3,(H,9,10). The zero-order valence-corrected chi connectivity index (χ0v) is 9.03. The molecule has 0 radical (unpaired) electrons. The van der Waals surface area contributed by atoms with Gasteiger partial charge in [0.2, 0.25) is 0 Å². The molecule has 0 aliphatic rings. The molecule has 1 unspecified atom stereocenters. The van der Waals surface area contributed by atoms with Gasteiger partial charge in [-0.2, -0.15) is 0 Å². The van der Waals surface area contributed by atoms with Crippen molar-refractivity contribution < 1.29 is 14.3 Å². The number of rotatable bonds is 7. The van der Waals surface area contributed by atoms with Gasteiger partial charge in [-0.25, -0.2) is 0 Å². The van der Waals surface area contributed by atoms with Crippen molar-refractivity contribution in [3.05, 3.63) is 0 Å². The molecule has 0 rings (SSSR count).